The van der Waals surface area contributed by atoms with Gasteiger partial charge in [0.05, 0.1) is 27.5 Å². The smallest absolute Gasteiger partial charge is 0.318 e. The third-order valence-corrected chi connectivity index (χ3v) is 5.32. The number of oxime groups is 1. The van der Waals surface area contributed by atoms with Gasteiger partial charge in [0.2, 0.25) is 0 Å². The Balaban J connectivity index is 1.86. The van der Waals surface area contributed by atoms with Crippen LogP contribution in [0.2, 0.25) is 0 Å². The molecule has 0 heterocycles. The van der Waals surface area contributed by atoms with E-state index >= 15 is 0 Å². The molecule has 3 rings (SSSR count). The van der Waals surface area contributed by atoms with E-state index in [9.17, 15) is 25.0 Å². The molecule has 2 aliphatic rings. The molecule has 9 nitrogen and oxygen atoms in total. The normalized spacial score (nSPS) is 21.9. The number of benzene rings is 1. The molecule has 0 aliphatic heterocycles. The maximum absolute atomic E-state index is 12.1. The minimum absolute atomic E-state index is 0.120. The van der Waals surface area contributed by atoms with Crippen molar-refractivity contribution in [1.29, 1.82) is 0 Å². The zero-order chi connectivity index (χ0) is 19.4. The highest BCUT2D eigenvalue weighted by atomic mass is 16.7. The summed E-state index contributed by atoms with van der Waals surface area (Å²) in [6.07, 6.45) is 6.55. The fraction of sp³-hybridized carbons (Fsp3) is 0.556. The molecule has 0 radical (unpaired) electrons. The standard InChI is InChI=1S/C18H21N3O6/c22-18(12-5-1-2-6-12)27-19-16-8-4-3-7-14(16)15-10-9-13(20(23)24)11-17(15)21(25)26/h9-12,14H,1-8H2/t14-/m1/s1. The first kappa shape index (κ1) is 18.9. The van der Waals surface area contributed by atoms with Crippen LogP contribution >= 0.6 is 0 Å². The first-order chi connectivity index (χ1) is 13.0. The molecule has 144 valence electrons. The number of nitrogens with zero attached hydrogens (tertiary/aromatic N) is 3. The molecule has 0 amide bonds. The molecule has 2 fully saturated rings. The van der Waals surface area contributed by atoms with Crippen molar-refractivity contribution in [3.63, 3.8) is 0 Å². The van der Waals surface area contributed by atoms with E-state index in [1.54, 1.807) is 0 Å². The van der Waals surface area contributed by atoms with Gasteiger partial charge < -0.3 is 4.84 Å². The lowest BCUT2D eigenvalue weighted by molar-refractivity contribution is -0.394. The molecule has 1 aromatic carbocycles. The average Bonchev–Trinajstić information content (AvgIpc) is 3.20. The molecule has 0 N–H and O–H groups in total. The van der Waals surface area contributed by atoms with Crippen molar-refractivity contribution < 1.29 is 19.5 Å². The number of non-ortho nitro benzene ring substituents is 1. The summed E-state index contributed by atoms with van der Waals surface area (Å²) in [5.74, 6) is -0.844. The number of carbonyl (C=O) groups excluding carboxylic acids is 1. The fourth-order valence-corrected chi connectivity index (χ4v) is 3.88. The van der Waals surface area contributed by atoms with Gasteiger partial charge in [0, 0.05) is 17.5 Å². The van der Waals surface area contributed by atoms with Crippen molar-refractivity contribution in [1.82, 2.24) is 0 Å². The Kier molecular flexibility index (Phi) is 5.78. The minimum Gasteiger partial charge on any atom is -0.318 e. The summed E-state index contributed by atoms with van der Waals surface area (Å²) in [5.41, 5.74) is 0.337. The van der Waals surface area contributed by atoms with Crippen LogP contribution in [0.3, 0.4) is 0 Å². The number of nitro groups is 2. The highest BCUT2D eigenvalue weighted by molar-refractivity contribution is 5.92. The Morgan fingerprint density at radius 1 is 1.04 bits per heavy atom. The summed E-state index contributed by atoms with van der Waals surface area (Å²) < 4.78 is 0. The zero-order valence-corrected chi connectivity index (χ0v) is 14.8. The predicted molar refractivity (Wildman–Crippen MR) is 96.4 cm³/mol. The first-order valence-corrected chi connectivity index (χ1v) is 9.17. The summed E-state index contributed by atoms with van der Waals surface area (Å²) in [5, 5.41) is 26.4. The van der Waals surface area contributed by atoms with E-state index in [4.69, 9.17) is 4.84 Å². The van der Waals surface area contributed by atoms with Crippen LogP contribution in [0, 0.1) is 26.1 Å². The van der Waals surface area contributed by atoms with E-state index < -0.39 is 9.85 Å². The van der Waals surface area contributed by atoms with E-state index in [0.29, 0.717) is 24.1 Å². The van der Waals surface area contributed by atoms with Gasteiger partial charge in [-0.15, -0.1) is 0 Å². The van der Waals surface area contributed by atoms with Crippen LogP contribution in [-0.4, -0.2) is 21.5 Å². The monoisotopic (exact) mass is 375 g/mol. The summed E-state index contributed by atoms with van der Waals surface area (Å²) in [4.78, 5) is 38.4. The quantitative estimate of drug-likeness (QED) is 0.430. The van der Waals surface area contributed by atoms with Gasteiger partial charge in [-0.1, -0.05) is 24.4 Å². The largest absolute Gasteiger partial charge is 0.338 e. The molecule has 2 saturated carbocycles. The second-order valence-electron chi connectivity index (χ2n) is 7.03. The van der Waals surface area contributed by atoms with Crippen LogP contribution in [0.15, 0.2) is 23.4 Å². The Hall–Kier alpha value is -2.84. The van der Waals surface area contributed by atoms with Crippen molar-refractivity contribution in [2.24, 2.45) is 11.1 Å². The third kappa shape index (κ3) is 4.29. The van der Waals surface area contributed by atoms with Crippen LogP contribution in [0.1, 0.15) is 62.8 Å². The summed E-state index contributed by atoms with van der Waals surface area (Å²) in [6, 6.07) is 3.66. The van der Waals surface area contributed by atoms with Crippen molar-refractivity contribution in [2.45, 2.75) is 57.3 Å². The van der Waals surface area contributed by atoms with Crippen LogP contribution < -0.4 is 0 Å². The van der Waals surface area contributed by atoms with E-state index in [2.05, 4.69) is 5.16 Å². The van der Waals surface area contributed by atoms with E-state index in [1.807, 2.05) is 0 Å². The third-order valence-electron chi connectivity index (χ3n) is 5.32. The van der Waals surface area contributed by atoms with Crippen LogP contribution in [-0.2, 0) is 9.63 Å². The lowest BCUT2D eigenvalue weighted by Crippen LogP contribution is -2.21. The Morgan fingerprint density at radius 2 is 1.74 bits per heavy atom. The highest BCUT2D eigenvalue weighted by Gasteiger charge is 2.31. The van der Waals surface area contributed by atoms with Gasteiger partial charge in [-0.25, -0.2) is 4.79 Å². The molecule has 1 atom stereocenters. The molecule has 0 spiro atoms. The van der Waals surface area contributed by atoms with E-state index in [-0.39, 0.29) is 29.2 Å². The predicted octanol–water partition coefficient (Wildman–Crippen LogP) is 4.25. The molecule has 27 heavy (non-hydrogen) atoms. The second kappa shape index (κ2) is 8.24. The van der Waals surface area contributed by atoms with Gasteiger partial charge in [0.1, 0.15) is 0 Å². The van der Waals surface area contributed by atoms with Gasteiger partial charge in [0.15, 0.2) is 0 Å². The van der Waals surface area contributed by atoms with Gasteiger partial charge in [0.25, 0.3) is 11.4 Å². The molecule has 2 aliphatic carbocycles. The maximum atomic E-state index is 12.1. The lowest BCUT2D eigenvalue weighted by atomic mass is 9.81. The summed E-state index contributed by atoms with van der Waals surface area (Å²) in [7, 11) is 0. The van der Waals surface area contributed by atoms with Crippen molar-refractivity contribution >= 4 is 23.1 Å². The number of hydrogen-bond acceptors (Lipinski definition) is 7. The number of rotatable bonds is 5. The summed E-state index contributed by atoms with van der Waals surface area (Å²) >= 11 is 0. The van der Waals surface area contributed by atoms with Gasteiger partial charge in [-0.05, 0) is 38.2 Å². The van der Waals surface area contributed by atoms with Gasteiger partial charge >= 0.3 is 5.97 Å². The van der Waals surface area contributed by atoms with Crippen molar-refractivity contribution in [3.8, 4) is 0 Å². The van der Waals surface area contributed by atoms with Crippen LogP contribution in [0.5, 0.6) is 0 Å². The Labute approximate surface area is 155 Å². The van der Waals surface area contributed by atoms with Crippen molar-refractivity contribution in [3.05, 3.63) is 44.0 Å². The lowest BCUT2D eigenvalue weighted by Gasteiger charge is -2.23. The summed E-state index contributed by atoms with van der Waals surface area (Å²) in [6.45, 7) is 0. The average molecular weight is 375 g/mol. The molecule has 1 aromatic rings. The SMILES string of the molecule is O=C(ON=C1CCCC[C@@H]1c1ccc([N+](=O)[O-])cc1[N+](=O)[O-])C1CCCC1. The maximum Gasteiger partial charge on any atom is 0.338 e. The fourth-order valence-electron chi connectivity index (χ4n) is 3.88. The minimum atomic E-state index is -0.657. The Morgan fingerprint density at radius 3 is 2.41 bits per heavy atom. The van der Waals surface area contributed by atoms with E-state index in [1.165, 1.54) is 12.1 Å². The molecule has 0 unspecified atom stereocenters. The zero-order valence-electron chi connectivity index (χ0n) is 14.8. The molecule has 0 saturated heterocycles. The Bertz CT molecular complexity index is 785. The molecule has 0 bridgehead atoms. The molecule has 9 heteroatoms. The van der Waals surface area contributed by atoms with Gasteiger partial charge in [-0.2, -0.15) is 0 Å². The number of nitro benzene ring substituents is 2. The topological polar surface area (TPSA) is 125 Å². The molecular weight excluding hydrogens is 354 g/mol. The molecular formula is C18H21N3O6. The second-order valence-corrected chi connectivity index (χ2v) is 7.03. The van der Waals surface area contributed by atoms with Gasteiger partial charge in [-0.3, -0.25) is 20.2 Å². The highest BCUT2D eigenvalue weighted by Crippen LogP contribution is 2.38. The molecule has 0 aromatic heterocycles. The number of carbonyl (C=O) groups is 1. The van der Waals surface area contributed by atoms with E-state index in [0.717, 1.165) is 44.6 Å². The van der Waals surface area contributed by atoms with Crippen molar-refractivity contribution in [2.75, 3.05) is 0 Å². The number of hydrogen-bond donors (Lipinski definition) is 0. The van der Waals surface area contributed by atoms with Crippen LogP contribution in [0.4, 0.5) is 11.4 Å². The first-order valence-electron chi connectivity index (χ1n) is 9.17. The van der Waals surface area contributed by atoms with Crippen LogP contribution in [0.25, 0.3) is 0 Å².